The molecule has 81 heavy (non-hydrogen) atoms. The van der Waals surface area contributed by atoms with Gasteiger partial charge >= 0.3 is 39.5 Å². The summed E-state index contributed by atoms with van der Waals surface area (Å²) in [6.45, 7) is 11.6. The van der Waals surface area contributed by atoms with Crippen molar-refractivity contribution in [2.45, 2.75) is 317 Å². The van der Waals surface area contributed by atoms with Crippen LogP contribution in [0.2, 0.25) is 0 Å². The van der Waals surface area contributed by atoms with E-state index in [4.69, 9.17) is 37.0 Å². The zero-order chi connectivity index (χ0) is 60.3. The molecule has 0 aromatic carbocycles. The molecule has 5 atom stereocenters. The Morgan fingerprint density at radius 1 is 0.333 bits per heavy atom. The number of carbonyl (C=O) groups excluding carboxylic acids is 4. The van der Waals surface area contributed by atoms with Crippen LogP contribution in [0.15, 0.2) is 0 Å². The fourth-order valence-corrected chi connectivity index (χ4v) is 10.7. The normalized spacial score (nSPS) is 14.4. The highest BCUT2D eigenvalue weighted by atomic mass is 31.2. The maximum Gasteiger partial charge on any atom is 0.472 e. The van der Waals surface area contributed by atoms with Gasteiger partial charge in [0.2, 0.25) is 0 Å². The smallest absolute Gasteiger partial charge is 0.462 e. The Labute approximate surface area is 492 Å². The molecular weight excluding hydrogens is 1080 g/mol. The van der Waals surface area contributed by atoms with E-state index in [1.54, 1.807) is 0 Å². The van der Waals surface area contributed by atoms with Gasteiger partial charge in [-0.15, -0.1) is 0 Å². The molecule has 0 saturated carbocycles. The van der Waals surface area contributed by atoms with Gasteiger partial charge in [0.05, 0.1) is 26.4 Å². The van der Waals surface area contributed by atoms with Crippen molar-refractivity contribution < 1.29 is 80.2 Å². The molecular formula is C62H120O17P2. The quantitative estimate of drug-likeness (QED) is 0.0222. The zero-order valence-electron chi connectivity index (χ0n) is 52.2. The fraction of sp³-hybridized carbons (Fsp3) is 0.935. The lowest BCUT2D eigenvalue weighted by atomic mass is 10.0. The summed E-state index contributed by atoms with van der Waals surface area (Å²) in [6, 6.07) is 0. The molecule has 17 nitrogen and oxygen atoms in total. The SMILES string of the molecule is CCCCCCCCCCC(=O)OC[C@H](COP(=O)(O)OC[C@H](O)COP(=O)(O)OC[C@@H](COC(=O)CCCCCCCCCCC(C)C)OC(=O)CCCCCCCCCCCC(C)C)OC(=O)CCCCCCCCCC(C)C. The second kappa shape index (κ2) is 53.5. The Morgan fingerprint density at radius 3 is 0.840 bits per heavy atom. The number of hydrogen-bond donors (Lipinski definition) is 3. The van der Waals surface area contributed by atoms with Crippen LogP contribution in [0.4, 0.5) is 0 Å². The number of aliphatic hydroxyl groups is 1. The minimum Gasteiger partial charge on any atom is -0.462 e. The summed E-state index contributed by atoms with van der Waals surface area (Å²) in [6.07, 6.45) is 33.6. The number of rotatable bonds is 60. The Kier molecular flexibility index (Phi) is 52.2. The first-order valence-corrected chi connectivity index (χ1v) is 35.3. The maximum atomic E-state index is 13.0. The summed E-state index contributed by atoms with van der Waals surface area (Å²) in [5.41, 5.74) is 0. The van der Waals surface area contributed by atoms with E-state index in [2.05, 4.69) is 48.5 Å². The van der Waals surface area contributed by atoms with Crippen molar-refractivity contribution in [3.05, 3.63) is 0 Å². The van der Waals surface area contributed by atoms with Gasteiger partial charge in [-0.25, -0.2) is 9.13 Å². The van der Waals surface area contributed by atoms with Gasteiger partial charge in [0.15, 0.2) is 12.2 Å². The summed E-state index contributed by atoms with van der Waals surface area (Å²) >= 11 is 0. The average molecular weight is 1200 g/mol. The number of aliphatic hydroxyl groups excluding tert-OH is 1. The van der Waals surface area contributed by atoms with Crippen LogP contribution in [0.5, 0.6) is 0 Å². The summed E-state index contributed by atoms with van der Waals surface area (Å²) in [5.74, 6) is 0.0153. The number of phosphoric ester groups is 2. The Morgan fingerprint density at radius 2 is 0.568 bits per heavy atom. The number of ether oxygens (including phenoxy) is 4. The predicted octanol–water partition coefficient (Wildman–Crippen LogP) is 16.7. The molecule has 0 aliphatic rings. The van der Waals surface area contributed by atoms with Gasteiger partial charge in [0.25, 0.3) is 0 Å². The van der Waals surface area contributed by atoms with Gasteiger partial charge < -0.3 is 33.8 Å². The molecule has 0 heterocycles. The third kappa shape index (κ3) is 56.9. The minimum atomic E-state index is -4.94. The molecule has 0 radical (unpaired) electrons. The molecule has 0 spiro atoms. The molecule has 0 aliphatic carbocycles. The van der Waals surface area contributed by atoms with E-state index in [9.17, 15) is 43.2 Å². The average Bonchev–Trinajstić information content (AvgIpc) is 3.41. The van der Waals surface area contributed by atoms with Gasteiger partial charge in [-0.2, -0.15) is 0 Å². The third-order valence-electron chi connectivity index (χ3n) is 14.1. The molecule has 19 heteroatoms. The molecule has 0 aliphatic heterocycles. The highest BCUT2D eigenvalue weighted by Gasteiger charge is 2.30. The van der Waals surface area contributed by atoms with E-state index in [1.165, 1.54) is 103 Å². The third-order valence-corrected chi connectivity index (χ3v) is 16.0. The molecule has 480 valence electrons. The van der Waals surface area contributed by atoms with Crippen molar-refractivity contribution in [2.75, 3.05) is 39.6 Å². The predicted molar refractivity (Wildman–Crippen MR) is 321 cm³/mol. The molecule has 0 bridgehead atoms. The lowest BCUT2D eigenvalue weighted by Crippen LogP contribution is -2.30. The second-order valence-corrected chi connectivity index (χ2v) is 26.8. The van der Waals surface area contributed by atoms with Crippen molar-refractivity contribution in [2.24, 2.45) is 17.8 Å². The number of phosphoric acid groups is 2. The molecule has 0 aromatic rings. The monoisotopic (exact) mass is 1200 g/mol. The van der Waals surface area contributed by atoms with E-state index in [-0.39, 0.29) is 25.7 Å². The van der Waals surface area contributed by atoms with Crippen molar-refractivity contribution in [3.63, 3.8) is 0 Å². The van der Waals surface area contributed by atoms with Crippen molar-refractivity contribution in [3.8, 4) is 0 Å². The van der Waals surface area contributed by atoms with Gasteiger partial charge in [0, 0.05) is 25.7 Å². The highest BCUT2D eigenvalue weighted by molar-refractivity contribution is 7.47. The number of carbonyl (C=O) groups is 4. The summed E-state index contributed by atoms with van der Waals surface area (Å²) in [4.78, 5) is 72.0. The number of esters is 4. The topological polar surface area (TPSA) is 237 Å². The zero-order valence-corrected chi connectivity index (χ0v) is 54.0. The molecule has 0 rings (SSSR count). The lowest BCUT2D eigenvalue weighted by molar-refractivity contribution is -0.161. The molecule has 0 saturated heterocycles. The van der Waals surface area contributed by atoms with Gasteiger partial charge in [0.1, 0.15) is 19.3 Å². The summed E-state index contributed by atoms with van der Waals surface area (Å²) in [7, 11) is -9.88. The molecule has 3 N–H and O–H groups in total. The Hall–Kier alpha value is -1.94. The lowest BCUT2D eigenvalue weighted by Gasteiger charge is -2.21. The van der Waals surface area contributed by atoms with Gasteiger partial charge in [-0.3, -0.25) is 37.3 Å². The number of unbranched alkanes of at least 4 members (excludes halogenated alkanes) is 28. The standard InChI is InChI=1S/C62H120O17P2/c1-8-9-10-11-12-22-29-36-43-59(64)72-49-58(79-62(67)46-39-32-25-18-21-28-35-42-55(6)7)52-77-81(70,71)75-48-56(63)47-74-80(68,69)76-51-57(50-73-60(65)44-37-30-23-17-16-20-27-34-41-54(4)5)78-61(66)45-38-31-24-15-13-14-19-26-33-40-53(2)3/h53-58,63H,8-52H2,1-7H3,(H,68,69)(H,70,71)/t56-,57-,58-/m1/s1. The first kappa shape index (κ1) is 79.1. The molecule has 2 unspecified atom stereocenters. The maximum absolute atomic E-state index is 13.0. The molecule has 0 amide bonds. The fourth-order valence-electron chi connectivity index (χ4n) is 9.13. The highest BCUT2D eigenvalue weighted by Crippen LogP contribution is 2.45. The van der Waals surface area contributed by atoms with E-state index in [1.807, 2.05) is 0 Å². The van der Waals surface area contributed by atoms with E-state index in [0.717, 1.165) is 108 Å². The van der Waals surface area contributed by atoms with Gasteiger partial charge in [-0.05, 0) is 43.4 Å². The molecule has 0 fully saturated rings. The second-order valence-electron chi connectivity index (χ2n) is 23.9. The van der Waals surface area contributed by atoms with Crippen LogP contribution in [0, 0.1) is 17.8 Å². The summed E-state index contributed by atoms with van der Waals surface area (Å²) in [5, 5.41) is 10.5. The van der Waals surface area contributed by atoms with Crippen LogP contribution in [0.3, 0.4) is 0 Å². The van der Waals surface area contributed by atoms with Crippen molar-refractivity contribution >= 4 is 39.5 Å². The Bertz CT molecular complexity index is 1610. The van der Waals surface area contributed by atoms with Crippen molar-refractivity contribution in [1.29, 1.82) is 0 Å². The van der Waals surface area contributed by atoms with E-state index >= 15 is 0 Å². The Balaban J connectivity index is 5.24. The largest absolute Gasteiger partial charge is 0.472 e. The minimum absolute atomic E-state index is 0.103. The van der Waals surface area contributed by atoms with Crippen LogP contribution >= 0.6 is 15.6 Å². The van der Waals surface area contributed by atoms with E-state index in [0.29, 0.717) is 31.6 Å². The van der Waals surface area contributed by atoms with Crippen LogP contribution in [0.1, 0.15) is 299 Å². The van der Waals surface area contributed by atoms with Crippen LogP contribution in [-0.2, 0) is 65.4 Å². The van der Waals surface area contributed by atoms with Crippen LogP contribution in [-0.4, -0.2) is 96.7 Å². The number of hydrogen-bond acceptors (Lipinski definition) is 15. The van der Waals surface area contributed by atoms with E-state index < -0.39 is 97.5 Å². The van der Waals surface area contributed by atoms with Crippen molar-refractivity contribution in [1.82, 2.24) is 0 Å². The van der Waals surface area contributed by atoms with Gasteiger partial charge in [-0.1, -0.05) is 248 Å². The van der Waals surface area contributed by atoms with Crippen LogP contribution < -0.4 is 0 Å². The van der Waals surface area contributed by atoms with Crippen LogP contribution in [0.25, 0.3) is 0 Å². The summed E-state index contributed by atoms with van der Waals surface area (Å²) < 4.78 is 67.8. The molecule has 0 aromatic heterocycles. The first-order chi connectivity index (χ1) is 38.7. The first-order valence-electron chi connectivity index (χ1n) is 32.3.